The number of ether oxygens (including phenoxy) is 1. The van der Waals surface area contributed by atoms with Crippen molar-refractivity contribution in [1.29, 1.82) is 0 Å². The topological polar surface area (TPSA) is 41.6 Å². The van der Waals surface area contributed by atoms with Gasteiger partial charge in [0.15, 0.2) is 0 Å². The molecule has 3 fully saturated rings. The van der Waals surface area contributed by atoms with E-state index < -0.39 is 0 Å². The first kappa shape index (κ1) is 15.3. The minimum Gasteiger partial charge on any atom is -0.375 e. The molecule has 0 aromatic heterocycles. The Hall–Kier alpha value is -0.610. The van der Waals surface area contributed by atoms with Gasteiger partial charge in [-0.2, -0.15) is 0 Å². The highest BCUT2D eigenvalue weighted by Gasteiger charge is 2.38. The molecule has 2 saturated heterocycles. The summed E-state index contributed by atoms with van der Waals surface area (Å²) in [6, 6.07) is 1.05. The Morgan fingerprint density at radius 2 is 1.86 bits per heavy atom. The molecule has 4 heteroatoms. The van der Waals surface area contributed by atoms with Crippen molar-refractivity contribution < 1.29 is 9.53 Å². The smallest absolute Gasteiger partial charge is 0.225 e. The quantitative estimate of drug-likeness (QED) is 0.868. The fourth-order valence-corrected chi connectivity index (χ4v) is 4.10. The first-order valence-electron chi connectivity index (χ1n) is 8.72. The molecule has 1 atom stereocenters. The zero-order chi connectivity index (χ0) is 14.9. The van der Waals surface area contributed by atoms with Gasteiger partial charge in [0.2, 0.25) is 5.91 Å². The zero-order valence-corrected chi connectivity index (χ0v) is 13.6. The van der Waals surface area contributed by atoms with E-state index in [-0.39, 0.29) is 17.4 Å². The van der Waals surface area contributed by atoms with Crippen LogP contribution in [0.2, 0.25) is 0 Å². The summed E-state index contributed by atoms with van der Waals surface area (Å²) < 4.78 is 5.71. The van der Waals surface area contributed by atoms with Gasteiger partial charge in [-0.05, 0) is 39.5 Å². The summed E-state index contributed by atoms with van der Waals surface area (Å²) in [7, 11) is 0. The van der Waals surface area contributed by atoms with Crippen molar-refractivity contribution in [3.8, 4) is 0 Å². The number of hydrogen-bond acceptors (Lipinski definition) is 3. The van der Waals surface area contributed by atoms with Crippen LogP contribution in [0.1, 0.15) is 58.8 Å². The lowest BCUT2D eigenvalue weighted by molar-refractivity contribution is -0.134. The summed E-state index contributed by atoms with van der Waals surface area (Å²) in [5.41, 5.74) is -0.0933. The number of nitrogens with one attached hydrogen (secondary N) is 1. The van der Waals surface area contributed by atoms with E-state index in [4.69, 9.17) is 4.74 Å². The number of likely N-dealkylation sites (tertiary alicyclic amines) is 1. The van der Waals surface area contributed by atoms with Gasteiger partial charge < -0.3 is 10.1 Å². The van der Waals surface area contributed by atoms with Gasteiger partial charge in [0.05, 0.1) is 11.5 Å². The zero-order valence-electron chi connectivity index (χ0n) is 13.6. The third-order valence-corrected chi connectivity index (χ3v) is 5.42. The van der Waals surface area contributed by atoms with Crippen LogP contribution >= 0.6 is 0 Å². The predicted molar refractivity (Wildman–Crippen MR) is 83.1 cm³/mol. The largest absolute Gasteiger partial charge is 0.375 e. The molecule has 0 bridgehead atoms. The van der Waals surface area contributed by atoms with E-state index in [1.54, 1.807) is 0 Å². The molecule has 3 aliphatic rings. The Morgan fingerprint density at radius 1 is 1.14 bits per heavy atom. The van der Waals surface area contributed by atoms with Gasteiger partial charge in [0, 0.05) is 31.8 Å². The van der Waals surface area contributed by atoms with Crippen molar-refractivity contribution in [2.24, 2.45) is 5.92 Å². The molecular formula is C17H30N2O2. The van der Waals surface area contributed by atoms with Gasteiger partial charge in [-0.25, -0.2) is 0 Å². The minimum absolute atomic E-state index is 0.0933. The second-order valence-corrected chi connectivity index (χ2v) is 7.75. The van der Waals surface area contributed by atoms with E-state index in [9.17, 15) is 4.79 Å². The van der Waals surface area contributed by atoms with Crippen LogP contribution in [0.5, 0.6) is 0 Å². The molecule has 1 amide bonds. The van der Waals surface area contributed by atoms with Gasteiger partial charge >= 0.3 is 0 Å². The van der Waals surface area contributed by atoms with E-state index >= 15 is 0 Å². The van der Waals surface area contributed by atoms with Crippen LogP contribution in [0.15, 0.2) is 0 Å². The molecule has 21 heavy (non-hydrogen) atoms. The van der Waals surface area contributed by atoms with Crippen LogP contribution in [-0.4, -0.2) is 48.2 Å². The normalized spacial score (nSPS) is 31.6. The van der Waals surface area contributed by atoms with Gasteiger partial charge in [0.1, 0.15) is 0 Å². The summed E-state index contributed by atoms with van der Waals surface area (Å²) >= 11 is 0. The average Bonchev–Trinajstić information content (AvgIpc) is 2.37. The number of nitrogens with zero attached hydrogens (tertiary/aromatic N) is 1. The highest BCUT2D eigenvalue weighted by molar-refractivity contribution is 5.80. The number of rotatable bonds is 3. The van der Waals surface area contributed by atoms with Crippen molar-refractivity contribution in [2.75, 3.05) is 19.7 Å². The van der Waals surface area contributed by atoms with Crippen LogP contribution in [0.4, 0.5) is 0 Å². The second-order valence-electron chi connectivity index (χ2n) is 7.75. The maximum absolute atomic E-state index is 12.4. The molecule has 0 radical (unpaired) electrons. The lowest BCUT2D eigenvalue weighted by atomic mass is 9.88. The van der Waals surface area contributed by atoms with Crippen LogP contribution in [-0.2, 0) is 9.53 Å². The van der Waals surface area contributed by atoms with E-state index in [1.807, 2.05) is 0 Å². The molecule has 4 nitrogen and oxygen atoms in total. The lowest BCUT2D eigenvalue weighted by Gasteiger charge is -2.45. The fourth-order valence-electron chi connectivity index (χ4n) is 4.10. The Bertz CT molecular complexity index is 371. The summed E-state index contributed by atoms with van der Waals surface area (Å²) in [5.74, 6) is 0.489. The highest BCUT2D eigenvalue weighted by Crippen LogP contribution is 2.29. The van der Waals surface area contributed by atoms with Crippen LogP contribution in [0, 0.1) is 5.92 Å². The molecule has 120 valence electrons. The van der Waals surface area contributed by atoms with Crippen molar-refractivity contribution in [1.82, 2.24) is 10.2 Å². The highest BCUT2D eigenvalue weighted by atomic mass is 16.5. The van der Waals surface area contributed by atoms with E-state index in [0.717, 1.165) is 38.6 Å². The number of hydrogen-bond donors (Lipinski definition) is 1. The Kier molecular flexibility index (Phi) is 4.55. The molecule has 0 aromatic rings. The SMILES string of the molecule is CC1(C)C[C@@H](NC(=O)C2CN(C3CCCCC3)C2)CCO1. The fraction of sp³-hybridized carbons (Fsp3) is 0.941. The van der Waals surface area contributed by atoms with Crippen molar-refractivity contribution in [3.05, 3.63) is 0 Å². The maximum Gasteiger partial charge on any atom is 0.225 e. The first-order chi connectivity index (χ1) is 10.0. The minimum atomic E-state index is -0.0933. The Balaban J connectivity index is 1.41. The van der Waals surface area contributed by atoms with Gasteiger partial charge in [-0.3, -0.25) is 9.69 Å². The van der Waals surface area contributed by atoms with Crippen molar-refractivity contribution in [3.63, 3.8) is 0 Å². The summed E-state index contributed by atoms with van der Waals surface area (Å²) in [5, 5.41) is 3.25. The molecule has 2 aliphatic heterocycles. The summed E-state index contributed by atoms with van der Waals surface area (Å²) in [4.78, 5) is 14.9. The standard InChI is InChI=1S/C17H30N2O2/c1-17(2)10-14(8-9-21-17)18-16(20)13-11-19(12-13)15-6-4-3-5-7-15/h13-15H,3-12H2,1-2H3,(H,18,20)/t14-/m0/s1. The van der Waals surface area contributed by atoms with Gasteiger partial charge in [0.25, 0.3) is 0 Å². The van der Waals surface area contributed by atoms with Gasteiger partial charge in [-0.15, -0.1) is 0 Å². The maximum atomic E-state index is 12.4. The van der Waals surface area contributed by atoms with E-state index in [0.29, 0.717) is 6.04 Å². The third-order valence-electron chi connectivity index (χ3n) is 5.42. The second kappa shape index (κ2) is 6.25. The molecule has 0 aromatic carbocycles. The van der Waals surface area contributed by atoms with Gasteiger partial charge in [-0.1, -0.05) is 19.3 Å². The van der Waals surface area contributed by atoms with Crippen LogP contribution in [0.3, 0.4) is 0 Å². The van der Waals surface area contributed by atoms with E-state index in [1.165, 1.54) is 32.1 Å². The molecule has 1 aliphatic carbocycles. The molecule has 1 N–H and O–H groups in total. The molecule has 0 spiro atoms. The monoisotopic (exact) mass is 294 g/mol. The molecular weight excluding hydrogens is 264 g/mol. The van der Waals surface area contributed by atoms with Crippen LogP contribution < -0.4 is 5.32 Å². The first-order valence-corrected chi connectivity index (χ1v) is 8.72. The molecule has 0 unspecified atom stereocenters. The van der Waals surface area contributed by atoms with E-state index in [2.05, 4.69) is 24.1 Å². The number of carbonyl (C=O) groups is 1. The Morgan fingerprint density at radius 3 is 2.52 bits per heavy atom. The Labute approximate surface area is 128 Å². The molecule has 2 heterocycles. The number of carbonyl (C=O) groups excluding carboxylic acids is 1. The third kappa shape index (κ3) is 3.78. The number of amides is 1. The molecule has 1 saturated carbocycles. The van der Waals surface area contributed by atoms with Crippen molar-refractivity contribution in [2.45, 2.75) is 76.5 Å². The predicted octanol–water partition coefficient (Wildman–Crippen LogP) is 2.32. The summed E-state index contributed by atoms with van der Waals surface area (Å²) in [6.45, 7) is 6.93. The van der Waals surface area contributed by atoms with Crippen LogP contribution in [0.25, 0.3) is 0 Å². The lowest BCUT2D eigenvalue weighted by Crippen LogP contribution is -2.59. The summed E-state index contributed by atoms with van der Waals surface area (Å²) in [6.07, 6.45) is 8.69. The van der Waals surface area contributed by atoms with Crippen molar-refractivity contribution >= 4 is 5.91 Å². The average molecular weight is 294 g/mol. The molecule has 3 rings (SSSR count).